The van der Waals surface area contributed by atoms with Crippen LogP contribution in [0, 0.1) is 4.77 Å². The highest BCUT2D eigenvalue weighted by Crippen LogP contribution is 2.20. The van der Waals surface area contributed by atoms with Crippen LogP contribution in [-0.4, -0.2) is 21.1 Å². The van der Waals surface area contributed by atoms with E-state index in [1.807, 2.05) is 78.9 Å². The lowest BCUT2D eigenvalue weighted by Gasteiger charge is -2.09. The van der Waals surface area contributed by atoms with E-state index in [-0.39, 0.29) is 0 Å². The molecule has 0 saturated carbocycles. The summed E-state index contributed by atoms with van der Waals surface area (Å²) in [5, 5.41) is 11.7. The van der Waals surface area contributed by atoms with Crippen molar-refractivity contribution in [3.05, 3.63) is 99.2 Å². The molecule has 0 amide bonds. The van der Waals surface area contributed by atoms with Crippen LogP contribution >= 0.6 is 28.1 Å². The molecular weight excluding hydrogens is 448 g/mol. The molecule has 0 aliphatic carbocycles. The van der Waals surface area contributed by atoms with Crippen LogP contribution in [0.1, 0.15) is 11.1 Å². The van der Waals surface area contributed by atoms with Gasteiger partial charge in [0.15, 0.2) is 5.82 Å². The van der Waals surface area contributed by atoms with Crippen LogP contribution in [0.3, 0.4) is 0 Å². The molecule has 1 N–H and O–H groups in total. The molecule has 0 saturated heterocycles. The van der Waals surface area contributed by atoms with Crippen molar-refractivity contribution in [1.29, 1.82) is 0 Å². The number of aromatic nitrogens is 3. The first-order valence-electron chi connectivity index (χ1n) is 8.94. The summed E-state index contributed by atoms with van der Waals surface area (Å²) in [5.41, 5.74) is 2.87. The van der Waals surface area contributed by atoms with Gasteiger partial charge in [0.25, 0.3) is 0 Å². The molecule has 0 aliphatic rings. The molecule has 4 aromatic rings. The third kappa shape index (κ3) is 4.70. The number of nitrogens with zero attached hydrogens (tertiary/aromatic N) is 3. The Balaban J connectivity index is 1.58. The minimum absolute atomic E-state index is 0.424. The van der Waals surface area contributed by atoms with Gasteiger partial charge in [0.1, 0.15) is 12.4 Å². The Morgan fingerprint density at radius 2 is 1.72 bits per heavy atom. The second kappa shape index (κ2) is 8.98. The molecule has 1 heterocycles. The average Bonchev–Trinajstić information content (AvgIpc) is 3.13. The lowest BCUT2D eigenvalue weighted by molar-refractivity contribution is 0.306. The molecule has 29 heavy (non-hydrogen) atoms. The highest BCUT2D eigenvalue weighted by atomic mass is 79.9. The van der Waals surface area contributed by atoms with Crippen LogP contribution < -0.4 is 4.74 Å². The van der Waals surface area contributed by atoms with Gasteiger partial charge >= 0.3 is 0 Å². The second-order valence-electron chi connectivity index (χ2n) is 6.23. The molecule has 144 valence electrons. The fourth-order valence-electron chi connectivity index (χ4n) is 2.75. The van der Waals surface area contributed by atoms with Crippen molar-refractivity contribution in [1.82, 2.24) is 14.9 Å². The number of halogens is 1. The highest BCUT2D eigenvalue weighted by Gasteiger charge is 2.08. The van der Waals surface area contributed by atoms with Crippen molar-refractivity contribution in [2.75, 3.05) is 0 Å². The van der Waals surface area contributed by atoms with Gasteiger partial charge in [-0.25, -0.2) is 5.10 Å². The fraction of sp³-hybridized carbons (Fsp3) is 0.0455. The maximum absolute atomic E-state index is 6.01. The first-order valence-corrected chi connectivity index (χ1v) is 10.1. The van der Waals surface area contributed by atoms with Gasteiger partial charge < -0.3 is 4.74 Å². The van der Waals surface area contributed by atoms with E-state index >= 15 is 0 Å². The van der Waals surface area contributed by atoms with Crippen molar-refractivity contribution in [2.45, 2.75) is 6.61 Å². The molecule has 5 nitrogen and oxygen atoms in total. The zero-order chi connectivity index (χ0) is 20.1. The SMILES string of the molecule is S=c1[nH]nc(-c2ccccc2)n1N=Cc1ccccc1OCc1ccc(Br)cc1. The maximum Gasteiger partial charge on any atom is 0.216 e. The van der Waals surface area contributed by atoms with Gasteiger partial charge in [-0.05, 0) is 42.0 Å². The largest absolute Gasteiger partial charge is 0.488 e. The van der Waals surface area contributed by atoms with E-state index in [0.717, 1.165) is 26.9 Å². The molecule has 7 heteroatoms. The number of H-pyrrole nitrogens is 1. The summed E-state index contributed by atoms with van der Waals surface area (Å²) in [6, 6.07) is 25.6. The number of rotatable bonds is 6. The molecule has 1 aromatic heterocycles. The Morgan fingerprint density at radius 1 is 1.00 bits per heavy atom. The molecule has 4 rings (SSSR count). The zero-order valence-corrected chi connectivity index (χ0v) is 17.7. The number of para-hydroxylation sites is 1. The van der Waals surface area contributed by atoms with E-state index in [4.69, 9.17) is 17.0 Å². The average molecular weight is 465 g/mol. The summed E-state index contributed by atoms with van der Waals surface area (Å²) in [5.74, 6) is 1.40. The van der Waals surface area contributed by atoms with E-state index in [1.165, 1.54) is 0 Å². The summed E-state index contributed by atoms with van der Waals surface area (Å²) in [6.07, 6.45) is 1.73. The predicted molar refractivity (Wildman–Crippen MR) is 121 cm³/mol. The van der Waals surface area contributed by atoms with E-state index in [1.54, 1.807) is 10.9 Å². The predicted octanol–water partition coefficient (Wildman–Crippen LogP) is 5.83. The van der Waals surface area contributed by atoms with Crippen LogP contribution in [0.4, 0.5) is 0 Å². The van der Waals surface area contributed by atoms with Crippen molar-refractivity contribution in [2.24, 2.45) is 5.10 Å². The van der Waals surface area contributed by atoms with Gasteiger partial charge in [-0.15, -0.1) is 0 Å². The normalized spacial score (nSPS) is 11.1. The number of ether oxygens (including phenoxy) is 1. The Kier molecular flexibility index (Phi) is 5.97. The molecule has 3 aromatic carbocycles. The van der Waals surface area contributed by atoms with Crippen molar-refractivity contribution < 1.29 is 4.74 Å². The monoisotopic (exact) mass is 464 g/mol. The molecule has 0 atom stereocenters. The smallest absolute Gasteiger partial charge is 0.216 e. The fourth-order valence-corrected chi connectivity index (χ4v) is 3.20. The van der Waals surface area contributed by atoms with Gasteiger partial charge in [0.05, 0.1) is 6.21 Å². The Labute approximate surface area is 181 Å². The van der Waals surface area contributed by atoms with Gasteiger partial charge in [0.2, 0.25) is 4.77 Å². The van der Waals surface area contributed by atoms with Gasteiger partial charge in [-0.3, -0.25) is 0 Å². The lowest BCUT2D eigenvalue weighted by Crippen LogP contribution is -1.99. The Morgan fingerprint density at radius 3 is 2.52 bits per heavy atom. The quantitative estimate of drug-likeness (QED) is 0.288. The summed E-state index contributed by atoms with van der Waals surface area (Å²) in [7, 11) is 0. The van der Waals surface area contributed by atoms with Gasteiger partial charge in [0, 0.05) is 15.6 Å². The molecule has 0 aliphatic heterocycles. The topological polar surface area (TPSA) is 55.2 Å². The number of hydrogen-bond donors (Lipinski definition) is 1. The third-order valence-corrected chi connectivity index (χ3v) is 5.01. The molecule has 0 unspecified atom stereocenters. The Bertz CT molecular complexity index is 1180. The molecule has 0 spiro atoms. The molecule has 0 fully saturated rings. The first kappa shape index (κ1) is 19.3. The number of benzene rings is 3. The Hall–Kier alpha value is -3.03. The second-order valence-corrected chi connectivity index (χ2v) is 7.53. The van der Waals surface area contributed by atoms with Gasteiger partial charge in [-0.2, -0.15) is 14.9 Å². The summed E-state index contributed by atoms with van der Waals surface area (Å²) < 4.78 is 9.09. The number of hydrogen-bond acceptors (Lipinski definition) is 4. The third-order valence-electron chi connectivity index (χ3n) is 4.22. The summed E-state index contributed by atoms with van der Waals surface area (Å²) in [6.45, 7) is 0.471. The number of nitrogens with one attached hydrogen (secondary N) is 1. The highest BCUT2D eigenvalue weighted by molar-refractivity contribution is 9.10. The molecule has 0 radical (unpaired) electrons. The lowest BCUT2D eigenvalue weighted by atomic mass is 10.2. The number of aromatic amines is 1. The van der Waals surface area contributed by atoms with Crippen LogP contribution in [0.25, 0.3) is 11.4 Å². The summed E-state index contributed by atoms with van der Waals surface area (Å²) in [4.78, 5) is 0. The van der Waals surface area contributed by atoms with Crippen LogP contribution in [0.2, 0.25) is 0 Å². The first-order chi connectivity index (χ1) is 14.2. The summed E-state index contributed by atoms with van der Waals surface area (Å²) >= 11 is 8.79. The molecule has 0 bridgehead atoms. The van der Waals surface area contributed by atoms with Crippen LogP contribution in [0.15, 0.2) is 88.4 Å². The van der Waals surface area contributed by atoms with Crippen LogP contribution in [-0.2, 0) is 6.61 Å². The minimum atomic E-state index is 0.424. The molecular formula is C22H17BrN4OS. The standard InChI is InChI=1S/C22H17BrN4OS/c23-19-12-10-16(11-13-19)15-28-20-9-5-4-8-18(20)14-24-27-21(25-26-22(27)29)17-6-2-1-3-7-17/h1-14H,15H2,(H,26,29). The van der Waals surface area contributed by atoms with Crippen molar-refractivity contribution >= 4 is 34.4 Å². The van der Waals surface area contributed by atoms with Crippen molar-refractivity contribution in [3.8, 4) is 17.1 Å². The van der Waals surface area contributed by atoms with Gasteiger partial charge in [-0.1, -0.05) is 70.5 Å². The van der Waals surface area contributed by atoms with Crippen molar-refractivity contribution in [3.63, 3.8) is 0 Å². The van der Waals surface area contributed by atoms with E-state index < -0.39 is 0 Å². The van der Waals surface area contributed by atoms with E-state index in [2.05, 4.69) is 31.2 Å². The maximum atomic E-state index is 6.01. The minimum Gasteiger partial charge on any atom is -0.488 e. The van der Waals surface area contributed by atoms with E-state index in [9.17, 15) is 0 Å². The van der Waals surface area contributed by atoms with E-state index in [0.29, 0.717) is 17.2 Å². The van der Waals surface area contributed by atoms with Crippen LogP contribution in [0.5, 0.6) is 5.75 Å². The zero-order valence-electron chi connectivity index (χ0n) is 15.3.